The number of halogens is 1. The molecule has 0 unspecified atom stereocenters. The third kappa shape index (κ3) is 3.03. The van der Waals surface area contributed by atoms with Crippen molar-refractivity contribution in [1.29, 1.82) is 0 Å². The molecule has 0 bridgehead atoms. The smallest absolute Gasteiger partial charge is 0.0701 e. The number of thioether (sulfide) groups is 1. The second-order valence-corrected chi connectivity index (χ2v) is 6.88. The van der Waals surface area contributed by atoms with E-state index in [0.717, 1.165) is 11.4 Å². The number of hydrogen-bond donors (Lipinski definition) is 1. The second kappa shape index (κ2) is 5.25. The van der Waals surface area contributed by atoms with E-state index < -0.39 is 0 Å². The summed E-state index contributed by atoms with van der Waals surface area (Å²) in [5.41, 5.74) is 9.17. The molecule has 0 amide bonds. The van der Waals surface area contributed by atoms with Gasteiger partial charge in [0.25, 0.3) is 0 Å². The summed E-state index contributed by atoms with van der Waals surface area (Å²) in [6.45, 7) is 2.10. The Bertz CT molecular complexity index is 494. The van der Waals surface area contributed by atoms with Crippen LogP contribution >= 0.6 is 39.0 Å². The van der Waals surface area contributed by atoms with Gasteiger partial charge in [-0.25, -0.2) is 0 Å². The Kier molecular flexibility index (Phi) is 3.95. The number of benzene rings is 1. The summed E-state index contributed by atoms with van der Waals surface area (Å²) in [6.07, 6.45) is 0. The van der Waals surface area contributed by atoms with Crippen molar-refractivity contribution in [2.45, 2.75) is 17.6 Å². The lowest BCUT2D eigenvalue weighted by atomic mass is 10.2. The van der Waals surface area contributed by atoms with Gasteiger partial charge in [-0.15, -0.1) is 23.1 Å². The Labute approximate surface area is 112 Å². The van der Waals surface area contributed by atoms with Crippen LogP contribution < -0.4 is 5.73 Å². The molecule has 0 aliphatic rings. The van der Waals surface area contributed by atoms with Crippen LogP contribution in [-0.2, 0) is 5.75 Å². The highest BCUT2D eigenvalue weighted by molar-refractivity contribution is 9.11. The monoisotopic (exact) mass is 313 g/mol. The molecule has 1 aromatic carbocycles. The molecule has 0 fully saturated rings. The minimum absolute atomic E-state index is 0.833. The number of rotatable bonds is 3. The molecular weight excluding hydrogens is 302 g/mol. The van der Waals surface area contributed by atoms with E-state index >= 15 is 0 Å². The van der Waals surface area contributed by atoms with E-state index in [2.05, 4.69) is 40.4 Å². The topological polar surface area (TPSA) is 26.0 Å². The van der Waals surface area contributed by atoms with Crippen molar-refractivity contribution >= 4 is 44.7 Å². The molecule has 0 spiro atoms. The van der Waals surface area contributed by atoms with Gasteiger partial charge < -0.3 is 5.73 Å². The van der Waals surface area contributed by atoms with Gasteiger partial charge in [-0.2, -0.15) is 0 Å². The molecule has 1 nitrogen and oxygen atoms in total. The summed E-state index contributed by atoms with van der Waals surface area (Å²) < 4.78 is 1.19. The van der Waals surface area contributed by atoms with Crippen molar-refractivity contribution in [3.05, 3.63) is 44.6 Å². The average Bonchev–Trinajstić information content (AvgIpc) is 2.63. The molecule has 0 saturated carbocycles. The van der Waals surface area contributed by atoms with Crippen LogP contribution in [0.5, 0.6) is 0 Å². The van der Waals surface area contributed by atoms with Gasteiger partial charge in [0.15, 0.2) is 0 Å². The third-order valence-electron chi connectivity index (χ3n) is 2.22. The van der Waals surface area contributed by atoms with E-state index in [1.54, 1.807) is 11.3 Å². The number of thiophene rings is 1. The van der Waals surface area contributed by atoms with Gasteiger partial charge >= 0.3 is 0 Å². The van der Waals surface area contributed by atoms with Crippen LogP contribution in [0.2, 0.25) is 0 Å². The molecule has 0 saturated heterocycles. The zero-order chi connectivity index (χ0) is 11.5. The molecule has 2 aromatic rings. The van der Waals surface area contributed by atoms with Crippen LogP contribution in [0.3, 0.4) is 0 Å². The molecule has 2 rings (SSSR count). The van der Waals surface area contributed by atoms with E-state index in [1.165, 1.54) is 19.8 Å². The van der Waals surface area contributed by atoms with Crippen LogP contribution in [0, 0.1) is 6.92 Å². The van der Waals surface area contributed by atoms with Gasteiger partial charge in [-0.05, 0) is 63.6 Å². The number of nitrogens with two attached hydrogens (primary N) is 1. The standard InChI is InChI=1S/C12H12BrNS2/c1-8-4-10(14)2-3-11(8)15-6-9-5-12(13)16-7-9/h2-5,7H,6,14H2,1H3. The van der Waals surface area contributed by atoms with Gasteiger partial charge in [0.05, 0.1) is 3.79 Å². The van der Waals surface area contributed by atoms with Gasteiger partial charge in [0.1, 0.15) is 0 Å². The van der Waals surface area contributed by atoms with E-state index in [9.17, 15) is 0 Å². The molecule has 1 heterocycles. The predicted molar refractivity (Wildman–Crippen MR) is 77.2 cm³/mol. The van der Waals surface area contributed by atoms with Crippen LogP contribution in [0.15, 0.2) is 38.3 Å². The number of hydrogen-bond acceptors (Lipinski definition) is 3. The molecular formula is C12H12BrNS2. The largest absolute Gasteiger partial charge is 0.399 e. The molecule has 2 N–H and O–H groups in total. The predicted octanol–water partition coefficient (Wildman–Crippen LogP) is 4.69. The molecule has 0 aliphatic heterocycles. The Hall–Kier alpha value is -0.450. The van der Waals surface area contributed by atoms with Crippen LogP contribution in [0.4, 0.5) is 5.69 Å². The SMILES string of the molecule is Cc1cc(N)ccc1SCc1csc(Br)c1. The van der Waals surface area contributed by atoms with Gasteiger partial charge in [-0.1, -0.05) is 0 Å². The number of aryl methyl sites for hydroxylation is 1. The summed E-state index contributed by atoms with van der Waals surface area (Å²) in [6, 6.07) is 8.24. The molecule has 0 radical (unpaired) electrons. The van der Waals surface area contributed by atoms with Crippen molar-refractivity contribution in [3.63, 3.8) is 0 Å². The van der Waals surface area contributed by atoms with Crippen molar-refractivity contribution < 1.29 is 0 Å². The summed E-state index contributed by atoms with van der Waals surface area (Å²) >= 11 is 7.06. The second-order valence-electron chi connectivity index (χ2n) is 3.57. The van der Waals surface area contributed by atoms with Crippen LogP contribution in [0.1, 0.15) is 11.1 Å². The average molecular weight is 314 g/mol. The van der Waals surface area contributed by atoms with Gasteiger partial charge in [-0.3, -0.25) is 0 Å². The zero-order valence-corrected chi connectivity index (χ0v) is 12.1. The normalized spacial score (nSPS) is 10.6. The minimum atomic E-state index is 0.833. The van der Waals surface area contributed by atoms with Crippen molar-refractivity contribution in [1.82, 2.24) is 0 Å². The number of nitrogen functional groups attached to an aromatic ring is 1. The maximum atomic E-state index is 5.72. The first kappa shape index (κ1) is 12.0. The van der Waals surface area contributed by atoms with E-state index in [1.807, 2.05) is 23.9 Å². The third-order valence-corrected chi connectivity index (χ3v) is 5.02. The lowest BCUT2D eigenvalue weighted by Crippen LogP contribution is -1.87. The first-order chi connectivity index (χ1) is 7.65. The fourth-order valence-electron chi connectivity index (χ4n) is 1.42. The molecule has 1 aromatic heterocycles. The molecule has 4 heteroatoms. The molecule has 0 aliphatic carbocycles. The lowest BCUT2D eigenvalue weighted by Gasteiger charge is -2.05. The lowest BCUT2D eigenvalue weighted by molar-refractivity contribution is 1.29. The first-order valence-electron chi connectivity index (χ1n) is 4.87. The van der Waals surface area contributed by atoms with E-state index in [-0.39, 0.29) is 0 Å². The van der Waals surface area contributed by atoms with Crippen LogP contribution in [0.25, 0.3) is 0 Å². The van der Waals surface area contributed by atoms with Crippen molar-refractivity contribution in [3.8, 4) is 0 Å². The maximum Gasteiger partial charge on any atom is 0.0701 e. The van der Waals surface area contributed by atoms with Gasteiger partial charge in [0, 0.05) is 16.3 Å². The zero-order valence-electron chi connectivity index (χ0n) is 8.87. The first-order valence-corrected chi connectivity index (χ1v) is 7.53. The molecule has 84 valence electrons. The minimum Gasteiger partial charge on any atom is -0.399 e. The Morgan fingerprint density at radius 3 is 2.81 bits per heavy atom. The van der Waals surface area contributed by atoms with Gasteiger partial charge in [0.2, 0.25) is 0 Å². The summed E-state index contributed by atoms with van der Waals surface area (Å²) in [4.78, 5) is 1.30. The Morgan fingerprint density at radius 2 is 2.19 bits per heavy atom. The molecule has 16 heavy (non-hydrogen) atoms. The highest BCUT2D eigenvalue weighted by atomic mass is 79.9. The number of anilines is 1. The Balaban J connectivity index is 2.04. The fourth-order valence-corrected chi connectivity index (χ4v) is 3.67. The molecule has 0 atom stereocenters. The van der Waals surface area contributed by atoms with Crippen molar-refractivity contribution in [2.24, 2.45) is 0 Å². The summed E-state index contributed by atoms with van der Waals surface area (Å²) in [5.74, 6) is 1.01. The quantitative estimate of drug-likeness (QED) is 0.657. The Morgan fingerprint density at radius 1 is 1.38 bits per heavy atom. The highest BCUT2D eigenvalue weighted by Gasteiger charge is 2.02. The van der Waals surface area contributed by atoms with Crippen molar-refractivity contribution in [2.75, 3.05) is 5.73 Å². The summed E-state index contributed by atoms with van der Waals surface area (Å²) in [7, 11) is 0. The maximum absolute atomic E-state index is 5.72. The summed E-state index contributed by atoms with van der Waals surface area (Å²) in [5, 5.41) is 2.18. The highest BCUT2D eigenvalue weighted by Crippen LogP contribution is 2.30. The van der Waals surface area contributed by atoms with Crippen LogP contribution in [-0.4, -0.2) is 0 Å². The van der Waals surface area contributed by atoms with E-state index in [0.29, 0.717) is 0 Å². The fraction of sp³-hybridized carbons (Fsp3) is 0.167. The van der Waals surface area contributed by atoms with E-state index in [4.69, 9.17) is 5.73 Å².